The van der Waals surface area contributed by atoms with E-state index < -0.39 is 17.2 Å². The second-order valence-corrected chi connectivity index (χ2v) is 4.56. The average molecular weight is 289 g/mol. The van der Waals surface area contributed by atoms with Crippen molar-refractivity contribution < 1.29 is 9.53 Å². The minimum absolute atomic E-state index is 0.00658. The summed E-state index contributed by atoms with van der Waals surface area (Å²) < 4.78 is 5.30. The Morgan fingerprint density at radius 3 is 2.43 bits per heavy atom. The lowest BCUT2D eigenvalue weighted by Gasteiger charge is -2.08. The standard InChI is InChI=1S/C14H15N3O4/c1-8-3-5-10(6-4-8)21-7-11(18)16-12-9(2)15-14(20)17-13(12)19/h3-6H,7H2,1-2H3,(H,16,18)(H2,15,17,19,20). The highest BCUT2D eigenvalue weighted by Gasteiger charge is 2.10. The van der Waals surface area contributed by atoms with E-state index in [4.69, 9.17) is 4.74 Å². The number of anilines is 1. The summed E-state index contributed by atoms with van der Waals surface area (Å²) in [5.74, 6) is 0.0686. The normalized spacial score (nSPS) is 10.2. The lowest BCUT2D eigenvalue weighted by atomic mass is 10.2. The molecule has 7 heteroatoms. The molecule has 0 aliphatic carbocycles. The van der Waals surface area contributed by atoms with Crippen molar-refractivity contribution in [2.24, 2.45) is 0 Å². The van der Waals surface area contributed by atoms with Crippen LogP contribution in [0.25, 0.3) is 0 Å². The predicted octanol–water partition coefficient (Wildman–Crippen LogP) is 0.698. The largest absolute Gasteiger partial charge is 0.484 e. The molecule has 7 nitrogen and oxygen atoms in total. The lowest BCUT2D eigenvalue weighted by molar-refractivity contribution is -0.118. The molecule has 3 N–H and O–H groups in total. The molecule has 0 bridgehead atoms. The number of amides is 1. The summed E-state index contributed by atoms with van der Waals surface area (Å²) in [5.41, 5.74) is 0.105. The van der Waals surface area contributed by atoms with Crippen LogP contribution in [0.2, 0.25) is 0 Å². The predicted molar refractivity (Wildman–Crippen MR) is 77.7 cm³/mol. The highest BCUT2D eigenvalue weighted by Crippen LogP contribution is 2.11. The van der Waals surface area contributed by atoms with Gasteiger partial charge in [-0.1, -0.05) is 17.7 Å². The number of nitrogens with one attached hydrogen (secondary N) is 3. The minimum atomic E-state index is -0.653. The number of benzene rings is 1. The molecule has 1 amide bonds. The van der Waals surface area contributed by atoms with Gasteiger partial charge in [-0.3, -0.25) is 14.6 Å². The van der Waals surface area contributed by atoms with Crippen LogP contribution in [0.3, 0.4) is 0 Å². The summed E-state index contributed by atoms with van der Waals surface area (Å²) in [6.07, 6.45) is 0. The van der Waals surface area contributed by atoms with Gasteiger partial charge in [0.05, 0.1) is 0 Å². The number of aromatic nitrogens is 2. The number of carbonyl (C=O) groups is 1. The third-order valence-electron chi connectivity index (χ3n) is 2.79. The summed E-state index contributed by atoms with van der Waals surface area (Å²) in [6.45, 7) is 3.23. The highest BCUT2D eigenvalue weighted by atomic mass is 16.5. The van der Waals surface area contributed by atoms with E-state index in [-0.39, 0.29) is 18.0 Å². The lowest BCUT2D eigenvalue weighted by Crippen LogP contribution is -2.30. The van der Waals surface area contributed by atoms with Crippen LogP contribution in [-0.2, 0) is 4.79 Å². The molecule has 0 aliphatic rings. The fraction of sp³-hybridized carbons (Fsp3) is 0.214. The maximum atomic E-state index is 11.8. The first-order chi connectivity index (χ1) is 9.95. The number of aromatic amines is 2. The second-order valence-electron chi connectivity index (χ2n) is 4.56. The number of hydrogen-bond acceptors (Lipinski definition) is 4. The zero-order valence-corrected chi connectivity index (χ0v) is 11.6. The van der Waals surface area contributed by atoms with Crippen LogP contribution in [0.5, 0.6) is 5.75 Å². The van der Waals surface area contributed by atoms with E-state index >= 15 is 0 Å². The number of hydrogen-bond donors (Lipinski definition) is 3. The van der Waals surface area contributed by atoms with Crippen LogP contribution in [0.1, 0.15) is 11.3 Å². The Kier molecular flexibility index (Phi) is 4.22. The van der Waals surface area contributed by atoms with Crippen LogP contribution < -0.4 is 21.3 Å². The van der Waals surface area contributed by atoms with E-state index in [0.29, 0.717) is 5.75 Å². The Morgan fingerprint density at radius 2 is 1.81 bits per heavy atom. The van der Waals surface area contributed by atoms with Crippen molar-refractivity contribution in [2.75, 3.05) is 11.9 Å². The van der Waals surface area contributed by atoms with E-state index in [2.05, 4.69) is 10.3 Å². The van der Waals surface area contributed by atoms with E-state index in [1.54, 1.807) is 12.1 Å². The van der Waals surface area contributed by atoms with Gasteiger partial charge >= 0.3 is 5.69 Å². The maximum Gasteiger partial charge on any atom is 0.326 e. The van der Waals surface area contributed by atoms with Gasteiger partial charge in [0, 0.05) is 5.69 Å². The van der Waals surface area contributed by atoms with Crippen LogP contribution >= 0.6 is 0 Å². The molecule has 2 aromatic rings. The Hall–Kier alpha value is -2.83. The number of rotatable bonds is 4. The fourth-order valence-corrected chi connectivity index (χ4v) is 1.71. The number of H-pyrrole nitrogens is 2. The summed E-state index contributed by atoms with van der Waals surface area (Å²) in [6, 6.07) is 7.23. The zero-order valence-electron chi connectivity index (χ0n) is 11.6. The van der Waals surface area contributed by atoms with Gasteiger partial charge in [0.25, 0.3) is 11.5 Å². The smallest absolute Gasteiger partial charge is 0.326 e. The molecule has 110 valence electrons. The molecule has 2 rings (SSSR count). The topological polar surface area (TPSA) is 104 Å². The van der Waals surface area contributed by atoms with Gasteiger partial charge in [-0.2, -0.15) is 0 Å². The molecule has 0 saturated carbocycles. The summed E-state index contributed by atoms with van der Waals surface area (Å²) in [5, 5.41) is 2.41. The summed E-state index contributed by atoms with van der Waals surface area (Å²) >= 11 is 0. The van der Waals surface area contributed by atoms with Crippen molar-refractivity contribution >= 4 is 11.6 Å². The van der Waals surface area contributed by atoms with Gasteiger partial charge in [0.2, 0.25) is 0 Å². The summed E-state index contributed by atoms with van der Waals surface area (Å²) in [7, 11) is 0. The van der Waals surface area contributed by atoms with Crippen LogP contribution in [0.15, 0.2) is 33.9 Å². The van der Waals surface area contributed by atoms with Crippen molar-refractivity contribution in [3.63, 3.8) is 0 Å². The Labute approximate surface area is 120 Å². The second kappa shape index (κ2) is 6.08. The Balaban J connectivity index is 2.01. The average Bonchev–Trinajstić information content (AvgIpc) is 2.42. The van der Waals surface area contributed by atoms with E-state index in [1.165, 1.54) is 6.92 Å². The van der Waals surface area contributed by atoms with Crippen LogP contribution in [0, 0.1) is 13.8 Å². The van der Waals surface area contributed by atoms with Gasteiger partial charge < -0.3 is 15.0 Å². The highest BCUT2D eigenvalue weighted by molar-refractivity contribution is 5.92. The fourth-order valence-electron chi connectivity index (χ4n) is 1.71. The SMILES string of the molecule is Cc1ccc(OCC(=O)Nc2c(C)[nH]c(=O)[nH]c2=O)cc1. The molecule has 0 aliphatic heterocycles. The summed E-state index contributed by atoms with van der Waals surface area (Å²) in [4.78, 5) is 38.8. The molecule has 1 aromatic carbocycles. The van der Waals surface area contributed by atoms with Crippen LogP contribution in [-0.4, -0.2) is 22.5 Å². The monoisotopic (exact) mass is 289 g/mol. The van der Waals surface area contributed by atoms with E-state index in [1.807, 2.05) is 24.0 Å². The molecule has 1 heterocycles. The number of carbonyl (C=O) groups excluding carboxylic acids is 1. The van der Waals surface area contributed by atoms with E-state index in [0.717, 1.165) is 5.56 Å². The van der Waals surface area contributed by atoms with Gasteiger partial charge in [0.1, 0.15) is 11.4 Å². The van der Waals surface area contributed by atoms with Crippen molar-refractivity contribution in [3.05, 3.63) is 56.4 Å². The maximum absolute atomic E-state index is 11.8. The first-order valence-corrected chi connectivity index (χ1v) is 6.28. The molecular weight excluding hydrogens is 274 g/mol. The molecule has 0 saturated heterocycles. The molecule has 0 unspecified atom stereocenters. The van der Waals surface area contributed by atoms with Crippen molar-refractivity contribution in [2.45, 2.75) is 13.8 Å². The zero-order chi connectivity index (χ0) is 15.4. The van der Waals surface area contributed by atoms with Crippen molar-refractivity contribution in [3.8, 4) is 5.75 Å². The molecule has 0 fully saturated rings. The van der Waals surface area contributed by atoms with E-state index in [9.17, 15) is 14.4 Å². The molecule has 1 aromatic heterocycles. The Bertz CT molecular complexity index is 759. The van der Waals surface area contributed by atoms with Gasteiger partial charge in [-0.25, -0.2) is 4.79 Å². The van der Waals surface area contributed by atoms with Crippen molar-refractivity contribution in [1.29, 1.82) is 0 Å². The minimum Gasteiger partial charge on any atom is -0.484 e. The van der Waals surface area contributed by atoms with Gasteiger partial charge in [0.15, 0.2) is 6.61 Å². The molecule has 0 atom stereocenters. The van der Waals surface area contributed by atoms with Gasteiger partial charge in [-0.15, -0.1) is 0 Å². The first kappa shape index (κ1) is 14.6. The van der Waals surface area contributed by atoms with Crippen LogP contribution in [0.4, 0.5) is 5.69 Å². The third kappa shape index (κ3) is 3.82. The van der Waals surface area contributed by atoms with Crippen molar-refractivity contribution in [1.82, 2.24) is 9.97 Å². The first-order valence-electron chi connectivity index (χ1n) is 6.28. The third-order valence-corrected chi connectivity index (χ3v) is 2.79. The molecule has 0 radical (unpaired) electrons. The number of aryl methyl sites for hydroxylation is 2. The molecule has 21 heavy (non-hydrogen) atoms. The number of ether oxygens (including phenoxy) is 1. The molecular formula is C14H15N3O4. The molecule has 0 spiro atoms. The Morgan fingerprint density at radius 1 is 1.14 bits per heavy atom. The quantitative estimate of drug-likeness (QED) is 0.770. The van der Waals surface area contributed by atoms with Gasteiger partial charge in [-0.05, 0) is 26.0 Å².